The van der Waals surface area contributed by atoms with Crippen molar-refractivity contribution < 1.29 is 9.53 Å². The Bertz CT molecular complexity index is 710. The van der Waals surface area contributed by atoms with Crippen LogP contribution in [0.25, 0.3) is 0 Å². The van der Waals surface area contributed by atoms with Crippen molar-refractivity contribution in [2.45, 2.75) is 25.5 Å². The van der Waals surface area contributed by atoms with E-state index >= 15 is 0 Å². The Morgan fingerprint density at radius 1 is 1.20 bits per heavy atom. The smallest absolute Gasteiger partial charge is 0.251 e. The molecule has 1 aliphatic rings. The number of ether oxygens (including phenoxy) is 1. The molecule has 0 saturated carbocycles. The maximum absolute atomic E-state index is 12.4. The number of nitrogen functional groups attached to an aromatic ring is 1. The number of likely N-dealkylation sites (tertiary alicyclic amines) is 1. The van der Waals surface area contributed by atoms with Crippen LogP contribution in [0.2, 0.25) is 0 Å². The summed E-state index contributed by atoms with van der Waals surface area (Å²) in [5.41, 5.74) is 8.19. The average Bonchev–Trinajstić information content (AvgIpc) is 2.63. The lowest BCUT2D eigenvalue weighted by Gasteiger charge is -2.29. The minimum Gasteiger partial charge on any atom is -0.487 e. The van der Waals surface area contributed by atoms with E-state index in [1.807, 2.05) is 30.3 Å². The zero-order chi connectivity index (χ0) is 17.6. The maximum Gasteiger partial charge on any atom is 0.251 e. The first-order chi connectivity index (χ1) is 12.1. The quantitative estimate of drug-likeness (QED) is 0.822. The molecule has 1 fully saturated rings. The molecule has 1 heterocycles. The van der Waals surface area contributed by atoms with Gasteiger partial charge in [-0.25, -0.2) is 0 Å². The predicted octanol–water partition coefficient (Wildman–Crippen LogP) is 2.67. The molecular formula is C20H25N3O2. The van der Waals surface area contributed by atoms with E-state index in [0.29, 0.717) is 23.6 Å². The molecule has 0 aromatic heterocycles. The highest BCUT2D eigenvalue weighted by atomic mass is 16.5. The van der Waals surface area contributed by atoms with Crippen LogP contribution in [0.1, 0.15) is 28.8 Å². The number of benzene rings is 2. The van der Waals surface area contributed by atoms with Crippen molar-refractivity contribution in [2.24, 2.45) is 0 Å². The van der Waals surface area contributed by atoms with E-state index in [2.05, 4.69) is 17.3 Å². The Kier molecular flexibility index (Phi) is 5.56. The van der Waals surface area contributed by atoms with Crippen molar-refractivity contribution in [3.05, 3.63) is 59.7 Å². The molecule has 3 N–H and O–H groups in total. The molecule has 5 heteroatoms. The van der Waals surface area contributed by atoms with Crippen molar-refractivity contribution >= 4 is 11.6 Å². The summed E-state index contributed by atoms with van der Waals surface area (Å²) >= 11 is 0. The molecule has 5 nitrogen and oxygen atoms in total. The summed E-state index contributed by atoms with van der Waals surface area (Å²) in [5, 5.41) is 3.10. The number of anilines is 1. The molecule has 25 heavy (non-hydrogen) atoms. The number of piperidine rings is 1. The van der Waals surface area contributed by atoms with E-state index in [0.717, 1.165) is 31.5 Å². The van der Waals surface area contributed by atoms with E-state index in [9.17, 15) is 4.79 Å². The fourth-order valence-corrected chi connectivity index (χ4v) is 2.98. The number of carbonyl (C=O) groups is 1. The van der Waals surface area contributed by atoms with Gasteiger partial charge < -0.3 is 20.7 Å². The Hall–Kier alpha value is -2.53. The summed E-state index contributed by atoms with van der Waals surface area (Å²) in [6, 6.07) is 15.4. The molecule has 0 unspecified atom stereocenters. The van der Waals surface area contributed by atoms with E-state index in [-0.39, 0.29) is 11.9 Å². The molecule has 132 valence electrons. The molecule has 0 spiro atoms. The van der Waals surface area contributed by atoms with Crippen LogP contribution in [-0.4, -0.2) is 37.0 Å². The van der Waals surface area contributed by atoms with Gasteiger partial charge in [0, 0.05) is 11.6 Å². The summed E-state index contributed by atoms with van der Waals surface area (Å²) in [7, 11) is 2.10. The van der Waals surface area contributed by atoms with Crippen molar-refractivity contribution in [1.82, 2.24) is 10.2 Å². The molecule has 2 aromatic carbocycles. The van der Waals surface area contributed by atoms with Gasteiger partial charge in [0.25, 0.3) is 5.91 Å². The van der Waals surface area contributed by atoms with Gasteiger partial charge in [0.2, 0.25) is 0 Å². The molecule has 2 aromatic rings. The summed E-state index contributed by atoms with van der Waals surface area (Å²) in [6.07, 6.45) is 1.96. The second kappa shape index (κ2) is 8.03. The monoisotopic (exact) mass is 339 g/mol. The van der Waals surface area contributed by atoms with Crippen LogP contribution >= 0.6 is 0 Å². The minimum atomic E-state index is -0.0733. The van der Waals surface area contributed by atoms with Gasteiger partial charge in [0.1, 0.15) is 12.4 Å². The Morgan fingerprint density at radius 2 is 1.92 bits per heavy atom. The molecule has 3 rings (SSSR count). The average molecular weight is 339 g/mol. The molecule has 1 amide bonds. The standard InChI is InChI=1S/C20H25N3O2/c1-23-11-9-17(10-12-23)22-20(24)16-7-8-19(18(21)13-16)25-14-15-5-3-2-4-6-15/h2-8,13,17H,9-12,14,21H2,1H3,(H,22,24). The zero-order valence-corrected chi connectivity index (χ0v) is 14.6. The lowest BCUT2D eigenvalue weighted by molar-refractivity contribution is 0.0917. The lowest BCUT2D eigenvalue weighted by Crippen LogP contribution is -2.43. The van der Waals surface area contributed by atoms with Crippen molar-refractivity contribution in [2.75, 3.05) is 25.9 Å². The molecule has 0 radical (unpaired) electrons. The molecule has 0 bridgehead atoms. The van der Waals surface area contributed by atoms with E-state index < -0.39 is 0 Å². The Labute approximate surface area is 148 Å². The highest BCUT2D eigenvalue weighted by Crippen LogP contribution is 2.24. The Morgan fingerprint density at radius 3 is 2.60 bits per heavy atom. The second-order valence-corrected chi connectivity index (χ2v) is 6.58. The van der Waals surface area contributed by atoms with Gasteiger partial charge in [0.15, 0.2) is 0 Å². The number of nitrogens with one attached hydrogen (secondary N) is 1. The third kappa shape index (κ3) is 4.73. The van der Waals surface area contributed by atoms with Gasteiger partial charge in [-0.2, -0.15) is 0 Å². The Balaban J connectivity index is 1.58. The normalized spacial score (nSPS) is 15.7. The van der Waals surface area contributed by atoms with Gasteiger partial charge in [-0.05, 0) is 56.7 Å². The third-order valence-electron chi connectivity index (χ3n) is 4.56. The van der Waals surface area contributed by atoms with E-state index in [4.69, 9.17) is 10.5 Å². The number of nitrogens with zero attached hydrogens (tertiary/aromatic N) is 1. The maximum atomic E-state index is 12.4. The second-order valence-electron chi connectivity index (χ2n) is 6.58. The van der Waals surface area contributed by atoms with Gasteiger partial charge >= 0.3 is 0 Å². The number of hydrogen-bond acceptors (Lipinski definition) is 4. The van der Waals surface area contributed by atoms with Crippen molar-refractivity contribution in [1.29, 1.82) is 0 Å². The van der Waals surface area contributed by atoms with Crippen molar-refractivity contribution in [3.63, 3.8) is 0 Å². The highest BCUT2D eigenvalue weighted by molar-refractivity contribution is 5.95. The fourth-order valence-electron chi connectivity index (χ4n) is 2.98. The number of amides is 1. The first-order valence-corrected chi connectivity index (χ1v) is 8.67. The van der Waals surface area contributed by atoms with Crippen molar-refractivity contribution in [3.8, 4) is 5.75 Å². The van der Waals surface area contributed by atoms with Gasteiger partial charge in [-0.15, -0.1) is 0 Å². The summed E-state index contributed by atoms with van der Waals surface area (Å²) < 4.78 is 5.76. The lowest BCUT2D eigenvalue weighted by atomic mass is 10.0. The van der Waals surface area contributed by atoms with Crippen LogP contribution < -0.4 is 15.8 Å². The number of hydrogen-bond donors (Lipinski definition) is 2. The first kappa shape index (κ1) is 17.3. The number of carbonyl (C=O) groups excluding carboxylic acids is 1. The molecule has 0 atom stereocenters. The zero-order valence-electron chi connectivity index (χ0n) is 14.6. The van der Waals surface area contributed by atoms with Crippen LogP contribution in [0.15, 0.2) is 48.5 Å². The van der Waals surface area contributed by atoms with Crippen LogP contribution in [0.3, 0.4) is 0 Å². The highest BCUT2D eigenvalue weighted by Gasteiger charge is 2.19. The van der Waals surface area contributed by atoms with Crippen LogP contribution in [0, 0.1) is 0 Å². The molecule has 1 saturated heterocycles. The van der Waals surface area contributed by atoms with Gasteiger partial charge in [0.05, 0.1) is 5.69 Å². The van der Waals surface area contributed by atoms with E-state index in [1.165, 1.54) is 0 Å². The fraction of sp³-hybridized carbons (Fsp3) is 0.350. The van der Waals surface area contributed by atoms with Crippen LogP contribution in [0.4, 0.5) is 5.69 Å². The van der Waals surface area contributed by atoms with Crippen LogP contribution in [-0.2, 0) is 6.61 Å². The third-order valence-corrected chi connectivity index (χ3v) is 4.56. The minimum absolute atomic E-state index is 0.0733. The predicted molar refractivity (Wildman–Crippen MR) is 99.6 cm³/mol. The molecule has 1 aliphatic heterocycles. The van der Waals surface area contributed by atoms with Crippen LogP contribution in [0.5, 0.6) is 5.75 Å². The largest absolute Gasteiger partial charge is 0.487 e. The van der Waals surface area contributed by atoms with Gasteiger partial charge in [-0.1, -0.05) is 30.3 Å². The van der Waals surface area contributed by atoms with Gasteiger partial charge in [-0.3, -0.25) is 4.79 Å². The number of rotatable bonds is 5. The topological polar surface area (TPSA) is 67.6 Å². The first-order valence-electron chi connectivity index (χ1n) is 8.67. The van der Waals surface area contributed by atoms with E-state index in [1.54, 1.807) is 18.2 Å². The number of nitrogens with two attached hydrogens (primary N) is 1. The summed E-state index contributed by atoms with van der Waals surface area (Å²) in [6.45, 7) is 2.48. The summed E-state index contributed by atoms with van der Waals surface area (Å²) in [5.74, 6) is 0.524. The SMILES string of the molecule is CN1CCC(NC(=O)c2ccc(OCc3ccccc3)c(N)c2)CC1. The molecular weight excluding hydrogens is 314 g/mol. The summed E-state index contributed by atoms with van der Waals surface area (Å²) in [4.78, 5) is 14.7. The molecule has 0 aliphatic carbocycles.